The third-order valence-electron chi connectivity index (χ3n) is 11.2. The smallest absolute Gasteiger partial charge is 0.326 e. The average molecular weight is 1030 g/mol. The van der Waals surface area contributed by atoms with E-state index in [0.29, 0.717) is 22.7 Å². The van der Waals surface area contributed by atoms with Gasteiger partial charge >= 0.3 is 11.9 Å². The molecule has 23 heteroatoms. The molecule has 21 nitrogen and oxygen atoms in total. The molecule has 4 rings (SSSR count). The molecule has 7 amide bonds. The summed E-state index contributed by atoms with van der Waals surface area (Å²) >= 11 is 0. The van der Waals surface area contributed by atoms with Crippen molar-refractivity contribution in [3.8, 4) is 11.1 Å². The molecule has 0 spiro atoms. The van der Waals surface area contributed by atoms with E-state index in [-0.39, 0.29) is 44.7 Å². The molecule has 10 N–H and O–H groups in total. The lowest BCUT2D eigenvalue weighted by molar-refractivity contribution is -0.143. The molecule has 0 radical (unpaired) electrons. The number of halogens is 2. The van der Waals surface area contributed by atoms with Gasteiger partial charge in [-0.3, -0.25) is 43.3 Å². The molecule has 1 aromatic heterocycles. The van der Waals surface area contributed by atoms with E-state index in [9.17, 15) is 52.6 Å². The molecule has 2 heterocycles. The highest BCUT2D eigenvalue weighted by Crippen LogP contribution is 2.37. The number of hydrogen-bond acceptors (Lipinski definition) is 12. The molecule has 0 fully saturated rings. The molecule has 0 bridgehead atoms. The topological polar surface area (TPSA) is 315 Å². The van der Waals surface area contributed by atoms with Gasteiger partial charge in [-0.05, 0) is 67.5 Å². The fourth-order valence-corrected chi connectivity index (χ4v) is 7.41. The van der Waals surface area contributed by atoms with Crippen molar-refractivity contribution in [1.29, 1.82) is 0 Å². The van der Waals surface area contributed by atoms with Gasteiger partial charge in [0, 0.05) is 61.1 Å². The molecule has 0 unspecified atom stereocenters. The molecule has 2 aromatic carbocycles. The number of hydrogen-bond donors (Lipinski definition) is 10. The number of carboxylic acids is 2. The van der Waals surface area contributed by atoms with E-state index in [1.807, 2.05) is 55.7 Å². The summed E-state index contributed by atoms with van der Waals surface area (Å²) < 4.78 is 31.5. The summed E-state index contributed by atoms with van der Waals surface area (Å²) in [6, 6.07) is 8.62. The number of aliphatic carboxylic acids is 2. The second-order valence-corrected chi connectivity index (χ2v) is 18.5. The Morgan fingerprint density at radius 3 is 1.93 bits per heavy atom. The monoisotopic (exact) mass is 1020 g/mol. The van der Waals surface area contributed by atoms with E-state index in [4.69, 9.17) is 15.3 Å². The number of aliphatic hydroxyl groups is 2. The van der Waals surface area contributed by atoms with E-state index in [2.05, 4.69) is 31.9 Å². The SMILES string of the molecule is CC(C)[C@@H](NC(=O)CN1C(=O)C=CC1=O)C(=O)N[C@H](C)C(=O)N[C@@H](CCN[C@@H](c1cc(-c2cc(F)ccc2F)cn1Cc1ccccc1)C(C)(C)C)C(=O)NCCC(=O)N[C@H](CCC(=O)O)C(=O)O.OCCO. The van der Waals surface area contributed by atoms with Crippen LogP contribution in [-0.2, 0) is 49.7 Å². The summed E-state index contributed by atoms with van der Waals surface area (Å²) in [5.74, 6) is -9.80. The molecule has 1 aliphatic heterocycles. The zero-order chi connectivity index (χ0) is 54.6. The van der Waals surface area contributed by atoms with Gasteiger partial charge in [0.25, 0.3) is 11.8 Å². The van der Waals surface area contributed by atoms with Crippen LogP contribution in [0.25, 0.3) is 11.1 Å². The number of carbonyl (C=O) groups is 9. The number of amides is 7. The van der Waals surface area contributed by atoms with Crippen molar-refractivity contribution in [1.82, 2.24) is 41.4 Å². The van der Waals surface area contributed by atoms with Crippen LogP contribution in [0, 0.1) is 23.0 Å². The van der Waals surface area contributed by atoms with Crippen molar-refractivity contribution in [3.63, 3.8) is 0 Å². The molecular weight excluding hydrogens is 959 g/mol. The summed E-state index contributed by atoms with van der Waals surface area (Å²) in [6.45, 7) is 9.68. The minimum Gasteiger partial charge on any atom is -0.481 e. The van der Waals surface area contributed by atoms with E-state index in [0.717, 1.165) is 35.9 Å². The Hall–Kier alpha value is -7.37. The van der Waals surface area contributed by atoms with Crippen LogP contribution in [0.1, 0.15) is 84.5 Å². The van der Waals surface area contributed by atoms with Crippen LogP contribution in [-0.4, -0.2) is 140 Å². The first-order valence-corrected chi connectivity index (χ1v) is 23.5. The lowest BCUT2D eigenvalue weighted by Crippen LogP contribution is -2.58. The minimum atomic E-state index is -1.49. The van der Waals surface area contributed by atoms with Crippen LogP contribution in [0.3, 0.4) is 0 Å². The highest BCUT2D eigenvalue weighted by molar-refractivity contribution is 6.14. The van der Waals surface area contributed by atoms with Gasteiger partial charge in [-0.25, -0.2) is 13.6 Å². The Balaban J connectivity index is 0.00000338. The Bertz CT molecular complexity index is 2440. The lowest BCUT2D eigenvalue weighted by atomic mass is 9.84. The van der Waals surface area contributed by atoms with Gasteiger partial charge in [-0.15, -0.1) is 0 Å². The van der Waals surface area contributed by atoms with Crippen LogP contribution in [0.5, 0.6) is 0 Å². The van der Waals surface area contributed by atoms with Gasteiger partial charge in [0.1, 0.15) is 42.3 Å². The van der Waals surface area contributed by atoms with Gasteiger partial charge in [-0.1, -0.05) is 65.0 Å². The number of aromatic nitrogens is 1. The van der Waals surface area contributed by atoms with Crippen LogP contribution < -0.4 is 31.9 Å². The number of carboxylic acid groups (broad SMARTS) is 2. The Morgan fingerprint density at radius 2 is 1.36 bits per heavy atom. The van der Waals surface area contributed by atoms with Gasteiger partial charge in [-0.2, -0.15) is 0 Å². The number of rotatable bonds is 26. The van der Waals surface area contributed by atoms with Crippen LogP contribution >= 0.6 is 0 Å². The van der Waals surface area contributed by atoms with Crippen molar-refractivity contribution in [2.45, 2.75) is 104 Å². The largest absolute Gasteiger partial charge is 0.481 e. The van der Waals surface area contributed by atoms with E-state index < -0.39 is 126 Å². The van der Waals surface area contributed by atoms with Crippen molar-refractivity contribution >= 4 is 53.3 Å². The van der Waals surface area contributed by atoms with Gasteiger partial charge in [0.2, 0.25) is 29.5 Å². The van der Waals surface area contributed by atoms with Crippen molar-refractivity contribution < 1.29 is 72.4 Å². The summed E-state index contributed by atoms with van der Waals surface area (Å²) in [5, 5.41) is 49.6. The van der Waals surface area contributed by atoms with Crippen LogP contribution in [0.2, 0.25) is 0 Å². The first kappa shape index (κ1) is 59.9. The Morgan fingerprint density at radius 1 is 0.712 bits per heavy atom. The number of nitrogens with zero attached hydrogens (tertiary/aromatic N) is 2. The van der Waals surface area contributed by atoms with E-state index >= 15 is 4.39 Å². The Kier molecular flexibility index (Phi) is 23.5. The second-order valence-electron chi connectivity index (χ2n) is 18.5. The summed E-state index contributed by atoms with van der Waals surface area (Å²) in [4.78, 5) is 114. The second kappa shape index (κ2) is 28.6. The average Bonchev–Trinajstić information content (AvgIpc) is 3.88. The summed E-state index contributed by atoms with van der Waals surface area (Å²) in [7, 11) is 0. The molecule has 5 atom stereocenters. The molecule has 1 aliphatic rings. The third-order valence-corrected chi connectivity index (χ3v) is 11.2. The molecule has 398 valence electrons. The van der Waals surface area contributed by atoms with Crippen molar-refractivity contribution in [3.05, 3.63) is 95.8 Å². The number of nitrogens with one attached hydrogen (secondary N) is 6. The predicted molar refractivity (Wildman–Crippen MR) is 261 cm³/mol. The summed E-state index contributed by atoms with van der Waals surface area (Å²) in [5.41, 5.74) is 1.55. The van der Waals surface area contributed by atoms with Gasteiger partial charge < -0.3 is 56.9 Å². The van der Waals surface area contributed by atoms with Gasteiger partial charge in [0.05, 0.1) is 19.3 Å². The molecule has 73 heavy (non-hydrogen) atoms. The molecule has 0 saturated carbocycles. The highest BCUT2D eigenvalue weighted by atomic mass is 19.1. The van der Waals surface area contributed by atoms with Gasteiger partial charge in [0.15, 0.2) is 0 Å². The zero-order valence-corrected chi connectivity index (χ0v) is 41.6. The first-order chi connectivity index (χ1) is 34.4. The third kappa shape index (κ3) is 19.3. The maximum atomic E-state index is 15.2. The normalized spacial score (nSPS) is 14.3. The van der Waals surface area contributed by atoms with Crippen LogP contribution in [0.4, 0.5) is 8.78 Å². The van der Waals surface area contributed by atoms with Crippen LogP contribution in [0.15, 0.2) is 72.9 Å². The standard InChI is InChI=1S/C48H60F2N8O11.C2H6O2/c1-27(2)42(56-38(60)26-58-39(61)15-16-40(58)62)46(67)53-28(3)44(65)55-34(45(66)52-21-19-37(59)54-35(47(68)69)14-17-41(63)64)18-20-51-43(48(4,5)6)36-22-30(32-23-31(49)12-13-33(32)50)25-57(36)24-29-10-8-7-9-11-29;3-1-2-4/h7-13,15-16,22-23,25,27-28,34-35,42-43,51H,14,17-21,24,26H2,1-6H3,(H,52,66)(H,53,67)(H,54,59)(H,55,65)(H,56,60)(H,63,64)(H,68,69);3-4H,1-2H2/t28-,34+,35-,42-,43+;/m1./s1. The number of benzene rings is 2. The van der Waals surface area contributed by atoms with Crippen molar-refractivity contribution in [2.24, 2.45) is 11.3 Å². The fourth-order valence-electron chi connectivity index (χ4n) is 7.41. The maximum Gasteiger partial charge on any atom is 0.326 e. The van der Waals surface area contributed by atoms with E-state index in [1.165, 1.54) is 6.92 Å². The quantitative estimate of drug-likeness (QED) is 0.0510. The maximum absolute atomic E-state index is 15.2. The van der Waals surface area contributed by atoms with Crippen molar-refractivity contribution in [2.75, 3.05) is 32.8 Å². The fraction of sp³-hybridized carbons (Fsp3) is 0.460. The number of imide groups is 1. The highest BCUT2D eigenvalue weighted by Gasteiger charge is 2.33. The number of carbonyl (C=O) groups excluding carboxylic acids is 7. The molecular formula is C50H66F2N8O13. The Labute approximate surface area is 421 Å². The molecule has 0 aliphatic carbocycles. The number of aliphatic hydroxyl groups excluding tert-OH is 2. The zero-order valence-electron chi connectivity index (χ0n) is 41.6. The summed E-state index contributed by atoms with van der Waals surface area (Å²) in [6.07, 6.45) is 2.37. The first-order valence-electron chi connectivity index (χ1n) is 23.5. The lowest BCUT2D eigenvalue weighted by Gasteiger charge is -2.33. The molecule has 3 aromatic rings. The minimum absolute atomic E-state index is 0.0542. The molecule has 0 saturated heterocycles. The predicted octanol–water partition coefficient (Wildman–Crippen LogP) is 1.52. The van der Waals surface area contributed by atoms with E-state index in [1.54, 1.807) is 26.1 Å².